The molecule has 0 spiro atoms. The van der Waals surface area contributed by atoms with Crippen LogP contribution in [0.3, 0.4) is 0 Å². The Hall–Kier alpha value is -1.89. The Kier molecular flexibility index (Phi) is 2.86. The molecule has 0 saturated heterocycles. The molecule has 1 heteroatoms. The molecule has 1 aromatic carbocycles. The van der Waals surface area contributed by atoms with Gasteiger partial charge in [0, 0.05) is 10.6 Å². The summed E-state index contributed by atoms with van der Waals surface area (Å²) in [4.78, 5) is 4.62. The summed E-state index contributed by atoms with van der Waals surface area (Å²) in [6, 6.07) is 8.47. The lowest BCUT2D eigenvalue weighted by Crippen LogP contribution is -2.27. The zero-order valence-corrected chi connectivity index (χ0v) is 9.70. The summed E-state index contributed by atoms with van der Waals surface area (Å²) in [7, 11) is 0. The number of hydrogen-bond donors (Lipinski definition) is 0. The van der Waals surface area contributed by atoms with E-state index in [0.717, 1.165) is 16.1 Å². The molecule has 0 bridgehead atoms. The quantitative estimate of drug-likeness (QED) is 0.702. The Morgan fingerprint density at radius 1 is 1.25 bits per heavy atom. The number of rotatable bonds is 1. The van der Waals surface area contributed by atoms with Gasteiger partial charge in [0.1, 0.15) is 0 Å². The van der Waals surface area contributed by atoms with Gasteiger partial charge in [-0.15, -0.1) is 0 Å². The molecule has 1 aromatic heterocycles. The van der Waals surface area contributed by atoms with Crippen LogP contribution in [0.5, 0.6) is 0 Å². The first-order valence-electron chi connectivity index (χ1n) is 5.41. The van der Waals surface area contributed by atoms with Crippen LogP contribution >= 0.6 is 0 Å². The maximum atomic E-state index is 4.62. The third-order valence-electron chi connectivity index (χ3n) is 2.60. The van der Waals surface area contributed by atoms with Gasteiger partial charge in [0.2, 0.25) is 0 Å². The van der Waals surface area contributed by atoms with Crippen molar-refractivity contribution in [2.45, 2.75) is 13.8 Å². The fourth-order valence-electron chi connectivity index (χ4n) is 1.82. The van der Waals surface area contributed by atoms with Gasteiger partial charge in [-0.25, -0.2) is 4.98 Å². The summed E-state index contributed by atoms with van der Waals surface area (Å²) in [6.07, 6.45) is 5.81. The summed E-state index contributed by atoms with van der Waals surface area (Å²) < 4.78 is 0. The van der Waals surface area contributed by atoms with Gasteiger partial charge in [0.05, 0.1) is 10.9 Å². The van der Waals surface area contributed by atoms with Crippen LogP contribution in [-0.2, 0) is 0 Å². The molecule has 1 heterocycles. The first kappa shape index (κ1) is 10.6. The molecule has 0 unspecified atom stereocenters. The van der Waals surface area contributed by atoms with Crippen molar-refractivity contribution in [3.63, 3.8) is 0 Å². The van der Waals surface area contributed by atoms with E-state index in [1.54, 1.807) is 6.08 Å². The van der Waals surface area contributed by atoms with Crippen LogP contribution in [-0.4, -0.2) is 4.98 Å². The normalized spacial score (nSPS) is 13.4. The average Bonchev–Trinajstić information content (AvgIpc) is 2.28. The van der Waals surface area contributed by atoms with Crippen LogP contribution in [0.1, 0.15) is 12.5 Å². The van der Waals surface area contributed by atoms with E-state index in [1.165, 1.54) is 10.9 Å². The van der Waals surface area contributed by atoms with Crippen molar-refractivity contribution in [3.8, 4) is 0 Å². The van der Waals surface area contributed by atoms with E-state index in [4.69, 9.17) is 0 Å². The van der Waals surface area contributed by atoms with E-state index in [2.05, 4.69) is 42.8 Å². The highest BCUT2D eigenvalue weighted by Crippen LogP contribution is 2.09. The Bertz CT molecular complexity index is 651. The van der Waals surface area contributed by atoms with Crippen molar-refractivity contribution in [2.75, 3.05) is 0 Å². The largest absolute Gasteiger partial charge is 0.248 e. The van der Waals surface area contributed by atoms with E-state index in [-0.39, 0.29) is 0 Å². The number of allylic oxidation sites excluding steroid dienone is 1. The second kappa shape index (κ2) is 4.31. The van der Waals surface area contributed by atoms with Gasteiger partial charge in [0.25, 0.3) is 0 Å². The summed E-state index contributed by atoms with van der Waals surface area (Å²) in [5.74, 6) is 0. The van der Waals surface area contributed by atoms with Crippen LogP contribution in [0.2, 0.25) is 0 Å². The molecular weight excluding hydrogens is 194 g/mol. The lowest BCUT2D eigenvalue weighted by molar-refractivity contribution is 1.28. The van der Waals surface area contributed by atoms with Gasteiger partial charge in [-0.3, -0.25) is 0 Å². The van der Waals surface area contributed by atoms with E-state index in [9.17, 15) is 0 Å². The highest BCUT2D eigenvalue weighted by Gasteiger charge is 1.95. The molecular formula is C15H15N. The van der Waals surface area contributed by atoms with Crippen molar-refractivity contribution >= 4 is 23.1 Å². The monoisotopic (exact) mass is 209 g/mol. The molecule has 0 saturated carbocycles. The fourth-order valence-corrected chi connectivity index (χ4v) is 1.82. The summed E-state index contributed by atoms with van der Waals surface area (Å²) in [6.45, 7) is 7.83. The number of aryl methyl sites for hydroxylation is 1. The third-order valence-corrected chi connectivity index (χ3v) is 2.60. The molecule has 0 aliphatic rings. The maximum Gasteiger partial charge on any atom is 0.0709 e. The minimum atomic E-state index is 1.01. The SMILES string of the molecule is C=C/C=c1/cc2cc(C)ccc2n/c1=C/C. The number of nitrogens with zero attached hydrogens (tertiary/aromatic N) is 1. The van der Waals surface area contributed by atoms with E-state index >= 15 is 0 Å². The Balaban J connectivity index is 2.92. The molecule has 0 radical (unpaired) electrons. The van der Waals surface area contributed by atoms with E-state index in [1.807, 2.05) is 19.1 Å². The summed E-state index contributed by atoms with van der Waals surface area (Å²) in [5.41, 5.74) is 2.30. The zero-order chi connectivity index (χ0) is 11.5. The minimum absolute atomic E-state index is 1.01. The van der Waals surface area contributed by atoms with Crippen molar-refractivity contribution in [1.82, 2.24) is 4.98 Å². The zero-order valence-electron chi connectivity index (χ0n) is 9.70. The number of fused-ring (bicyclic) bond motifs is 1. The molecule has 0 aliphatic carbocycles. The van der Waals surface area contributed by atoms with E-state index in [0.29, 0.717) is 0 Å². The van der Waals surface area contributed by atoms with Crippen LogP contribution in [0.4, 0.5) is 0 Å². The van der Waals surface area contributed by atoms with Crippen molar-refractivity contribution in [1.29, 1.82) is 0 Å². The molecule has 2 rings (SSSR count). The highest BCUT2D eigenvalue weighted by atomic mass is 14.7. The molecule has 16 heavy (non-hydrogen) atoms. The number of aromatic nitrogens is 1. The second-order valence-electron chi connectivity index (χ2n) is 3.85. The average molecular weight is 209 g/mol. The molecule has 2 aromatic rings. The Labute approximate surface area is 95.5 Å². The summed E-state index contributed by atoms with van der Waals surface area (Å²) >= 11 is 0. The number of hydrogen-bond acceptors (Lipinski definition) is 1. The number of benzene rings is 1. The second-order valence-corrected chi connectivity index (χ2v) is 3.85. The lowest BCUT2D eigenvalue weighted by Gasteiger charge is -1.99. The van der Waals surface area contributed by atoms with Gasteiger partial charge >= 0.3 is 0 Å². The Morgan fingerprint density at radius 3 is 2.75 bits per heavy atom. The van der Waals surface area contributed by atoms with Crippen LogP contribution < -0.4 is 10.6 Å². The third kappa shape index (κ3) is 1.89. The van der Waals surface area contributed by atoms with Gasteiger partial charge in [-0.05, 0) is 32.0 Å². The molecule has 80 valence electrons. The Morgan fingerprint density at radius 2 is 2.06 bits per heavy atom. The van der Waals surface area contributed by atoms with Gasteiger partial charge in [-0.1, -0.05) is 36.4 Å². The topological polar surface area (TPSA) is 12.9 Å². The smallest absolute Gasteiger partial charge is 0.0709 e. The molecule has 0 N–H and O–H groups in total. The number of pyridine rings is 1. The van der Waals surface area contributed by atoms with Crippen LogP contribution in [0.15, 0.2) is 36.9 Å². The molecule has 0 amide bonds. The van der Waals surface area contributed by atoms with Crippen molar-refractivity contribution < 1.29 is 0 Å². The van der Waals surface area contributed by atoms with Crippen LogP contribution in [0, 0.1) is 6.92 Å². The lowest BCUT2D eigenvalue weighted by atomic mass is 10.1. The summed E-state index contributed by atoms with van der Waals surface area (Å²) in [5, 5.41) is 3.31. The van der Waals surface area contributed by atoms with Crippen LogP contribution in [0.25, 0.3) is 23.1 Å². The standard InChI is InChI=1S/C15H15N/c1-4-6-12-10-13-9-11(3)7-8-15(13)16-14(12)5-2/h4-10H,1H2,2-3H3/b12-6-,14-5+. The predicted molar refractivity (Wildman–Crippen MR) is 70.5 cm³/mol. The minimum Gasteiger partial charge on any atom is -0.248 e. The first-order chi connectivity index (χ1) is 7.74. The molecule has 1 nitrogen and oxygen atoms in total. The van der Waals surface area contributed by atoms with E-state index < -0.39 is 0 Å². The fraction of sp³-hybridized carbons (Fsp3) is 0.133. The highest BCUT2D eigenvalue weighted by molar-refractivity contribution is 5.79. The van der Waals surface area contributed by atoms with Gasteiger partial charge in [-0.2, -0.15) is 0 Å². The van der Waals surface area contributed by atoms with Gasteiger partial charge < -0.3 is 0 Å². The van der Waals surface area contributed by atoms with Crippen molar-refractivity contribution in [3.05, 3.63) is 53.1 Å². The van der Waals surface area contributed by atoms with Crippen molar-refractivity contribution in [2.24, 2.45) is 0 Å². The maximum absolute atomic E-state index is 4.62. The van der Waals surface area contributed by atoms with Gasteiger partial charge in [0.15, 0.2) is 0 Å². The first-order valence-corrected chi connectivity index (χ1v) is 5.41. The molecule has 0 fully saturated rings. The molecule has 0 atom stereocenters. The predicted octanol–water partition coefficient (Wildman–Crippen LogP) is 2.31. The molecule has 0 aliphatic heterocycles.